The van der Waals surface area contributed by atoms with E-state index in [1.165, 1.54) is 12.1 Å². The maximum atomic E-state index is 13.6. The zero-order valence-corrected chi connectivity index (χ0v) is 10.7. The minimum atomic E-state index is -0.675. The monoisotopic (exact) mass is 280 g/mol. The van der Waals surface area contributed by atoms with Crippen LogP contribution in [0.2, 0.25) is 0 Å². The third-order valence-electron chi connectivity index (χ3n) is 3.06. The van der Waals surface area contributed by atoms with Crippen molar-refractivity contribution in [2.75, 3.05) is 32.9 Å². The SMILES string of the molecule is Cl.FC[C@H](c1ccc(F)cc1F)N1CCNCC1. The van der Waals surface area contributed by atoms with E-state index < -0.39 is 24.4 Å². The van der Waals surface area contributed by atoms with Gasteiger partial charge in [0.1, 0.15) is 18.3 Å². The number of alkyl halides is 1. The van der Waals surface area contributed by atoms with Crippen molar-refractivity contribution in [3.63, 3.8) is 0 Å². The molecule has 0 spiro atoms. The smallest absolute Gasteiger partial charge is 0.130 e. The van der Waals surface area contributed by atoms with Crippen molar-refractivity contribution in [2.24, 2.45) is 0 Å². The van der Waals surface area contributed by atoms with E-state index in [0.717, 1.165) is 19.2 Å². The van der Waals surface area contributed by atoms with Gasteiger partial charge in [-0.25, -0.2) is 13.2 Å². The van der Waals surface area contributed by atoms with Crippen LogP contribution in [-0.2, 0) is 0 Å². The van der Waals surface area contributed by atoms with Crippen LogP contribution in [0.15, 0.2) is 18.2 Å². The van der Waals surface area contributed by atoms with Crippen molar-refractivity contribution in [3.8, 4) is 0 Å². The standard InChI is InChI=1S/C12H15F3N2.ClH/c13-8-12(17-5-3-16-4-6-17)10-2-1-9(14)7-11(10)15;/h1-2,7,12,16H,3-6,8H2;1H/t12-;/m1./s1. The molecule has 0 aliphatic carbocycles. The molecule has 18 heavy (non-hydrogen) atoms. The van der Waals surface area contributed by atoms with Crippen LogP contribution in [0, 0.1) is 11.6 Å². The molecule has 0 amide bonds. The summed E-state index contributed by atoms with van der Waals surface area (Å²) in [5.74, 6) is -1.31. The summed E-state index contributed by atoms with van der Waals surface area (Å²) in [6.07, 6.45) is 0. The highest BCUT2D eigenvalue weighted by atomic mass is 35.5. The third kappa shape index (κ3) is 3.37. The highest BCUT2D eigenvalue weighted by Crippen LogP contribution is 2.24. The first-order chi connectivity index (χ1) is 8.22. The number of piperazine rings is 1. The molecule has 1 aromatic carbocycles. The highest BCUT2D eigenvalue weighted by Gasteiger charge is 2.24. The average Bonchev–Trinajstić information content (AvgIpc) is 2.34. The molecule has 1 saturated heterocycles. The van der Waals surface area contributed by atoms with Gasteiger partial charge < -0.3 is 5.32 Å². The van der Waals surface area contributed by atoms with Crippen LogP contribution in [0.1, 0.15) is 11.6 Å². The molecule has 0 bridgehead atoms. The number of halogens is 4. The molecule has 1 N–H and O–H groups in total. The van der Waals surface area contributed by atoms with E-state index in [1.54, 1.807) is 0 Å². The Morgan fingerprint density at radius 1 is 1.22 bits per heavy atom. The van der Waals surface area contributed by atoms with Crippen LogP contribution in [0.25, 0.3) is 0 Å². The molecule has 0 unspecified atom stereocenters. The van der Waals surface area contributed by atoms with Gasteiger partial charge in [-0.15, -0.1) is 12.4 Å². The fourth-order valence-electron chi connectivity index (χ4n) is 2.14. The Morgan fingerprint density at radius 3 is 2.44 bits per heavy atom. The molecule has 1 fully saturated rings. The van der Waals surface area contributed by atoms with E-state index in [4.69, 9.17) is 0 Å². The summed E-state index contributed by atoms with van der Waals surface area (Å²) in [4.78, 5) is 1.88. The fraction of sp³-hybridized carbons (Fsp3) is 0.500. The van der Waals surface area contributed by atoms with Gasteiger partial charge in [0.25, 0.3) is 0 Å². The molecule has 1 aromatic rings. The van der Waals surface area contributed by atoms with Gasteiger partial charge in [0, 0.05) is 37.8 Å². The second-order valence-corrected chi connectivity index (χ2v) is 4.12. The second-order valence-electron chi connectivity index (χ2n) is 4.12. The second kappa shape index (κ2) is 6.97. The van der Waals surface area contributed by atoms with E-state index in [9.17, 15) is 13.2 Å². The van der Waals surface area contributed by atoms with Crippen molar-refractivity contribution in [2.45, 2.75) is 6.04 Å². The quantitative estimate of drug-likeness (QED) is 0.914. The maximum Gasteiger partial charge on any atom is 0.130 e. The largest absolute Gasteiger partial charge is 0.314 e. The van der Waals surface area contributed by atoms with Crippen LogP contribution >= 0.6 is 12.4 Å². The van der Waals surface area contributed by atoms with Gasteiger partial charge in [0.05, 0.1) is 6.04 Å². The first-order valence-electron chi connectivity index (χ1n) is 5.68. The van der Waals surface area contributed by atoms with Crippen LogP contribution in [0.3, 0.4) is 0 Å². The van der Waals surface area contributed by atoms with Gasteiger partial charge in [0.15, 0.2) is 0 Å². The molecular formula is C12H16ClF3N2. The number of rotatable bonds is 3. The molecule has 102 valence electrons. The molecule has 1 atom stereocenters. The molecule has 1 aliphatic heterocycles. The Hall–Kier alpha value is -0.780. The van der Waals surface area contributed by atoms with Crippen LogP contribution in [-0.4, -0.2) is 37.8 Å². The summed E-state index contributed by atoms with van der Waals surface area (Å²) in [6, 6.07) is 2.69. The van der Waals surface area contributed by atoms with E-state index in [2.05, 4.69) is 5.32 Å². The Morgan fingerprint density at radius 2 is 1.89 bits per heavy atom. The van der Waals surface area contributed by atoms with E-state index >= 15 is 0 Å². The van der Waals surface area contributed by atoms with Crippen molar-refractivity contribution >= 4 is 12.4 Å². The fourth-order valence-corrected chi connectivity index (χ4v) is 2.14. The zero-order valence-electron chi connectivity index (χ0n) is 9.83. The zero-order chi connectivity index (χ0) is 12.3. The van der Waals surface area contributed by atoms with E-state index in [1.807, 2.05) is 4.90 Å². The van der Waals surface area contributed by atoms with Crippen molar-refractivity contribution in [1.29, 1.82) is 0 Å². The predicted octanol–water partition coefficient (Wildman–Crippen LogP) is 2.30. The van der Waals surface area contributed by atoms with Crippen LogP contribution in [0.4, 0.5) is 13.2 Å². The van der Waals surface area contributed by atoms with Gasteiger partial charge >= 0.3 is 0 Å². The number of nitrogens with zero attached hydrogens (tertiary/aromatic N) is 1. The normalized spacial score (nSPS) is 18.2. The minimum absolute atomic E-state index is 0. The molecule has 2 rings (SSSR count). The van der Waals surface area contributed by atoms with Crippen molar-refractivity contribution < 1.29 is 13.2 Å². The van der Waals surface area contributed by atoms with Gasteiger partial charge in [-0.3, -0.25) is 4.90 Å². The Labute approximate surface area is 111 Å². The Bertz CT molecular complexity index is 384. The lowest BCUT2D eigenvalue weighted by Gasteiger charge is -2.33. The van der Waals surface area contributed by atoms with Gasteiger partial charge in [-0.1, -0.05) is 6.07 Å². The number of nitrogens with one attached hydrogen (secondary N) is 1. The molecule has 0 aromatic heterocycles. The summed E-state index contributed by atoms with van der Waals surface area (Å²) in [6.45, 7) is 2.21. The van der Waals surface area contributed by atoms with E-state index in [0.29, 0.717) is 13.1 Å². The topological polar surface area (TPSA) is 15.3 Å². The minimum Gasteiger partial charge on any atom is -0.314 e. The van der Waals surface area contributed by atoms with Crippen molar-refractivity contribution in [1.82, 2.24) is 10.2 Å². The molecular weight excluding hydrogens is 265 g/mol. The summed E-state index contributed by atoms with van der Waals surface area (Å²) >= 11 is 0. The molecule has 6 heteroatoms. The van der Waals surface area contributed by atoms with Gasteiger partial charge in [0.2, 0.25) is 0 Å². The summed E-state index contributed by atoms with van der Waals surface area (Å²) in [5, 5.41) is 3.15. The first kappa shape index (κ1) is 15.3. The highest BCUT2D eigenvalue weighted by molar-refractivity contribution is 5.85. The number of benzene rings is 1. The van der Waals surface area contributed by atoms with Crippen molar-refractivity contribution in [3.05, 3.63) is 35.4 Å². The van der Waals surface area contributed by atoms with Crippen LogP contribution in [0.5, 0.6) is 0 Å². The van der Waals surface area contributed by atoms with Gasteiger partial charge in [-0.2, -0.15) is 0 Å². The molecule has 1 heterocycles. The maximum absolute atomic E-state index is 13.6. The lowest BCUT2D eigenvalue weighted by atomic mass is 10.0. The Balaban J connectivity index is 0.00000162. The average molecular weight is 281 g/mol. The molecule has 0 saturated carbocycles. The Kier molecular flexibility index (Phi) is 5.91. The summed E-state index contributed by atoms with van der Waals surface area (Å²) < 4.78 is 39.5. The number of hydrogen-bond acceptors (Lipinski definition) is 2. The first-order valence-corrected chi connectivity index (χ1v) is 5.68. The lowest BCUT2D eigenvalue weighted by molar-refractivity contribution is 0.144. The molecule has 2 nitrogen and oxygen atoms in total. The van der Waals surface area contributed by atoms with Gasteiger partial charge in [-0.05, 0) is 6.07 Å². The number of hydrogen-bond donors (Lipinski definition) is 1. The predicted molar refractivity (Wildman–Crippen MR) is 66.8 cm³/mol. The molecule has 0 radical (unpaired) electrons. The van der Waals surface area contributed by atoms with E-state index in [-0.39, 0.29) is 18.0 Å². The summed E-state index contributed by atoms with van der Waals surface area (Å²) in [5.41, 5.74) is 0.232. The molecule has 1 aliphatic rings. The summed E-state index contributed by atoms with van der Waals surface area (Å²) in [7, 11) is 0. The lowest BCUT2D eigenvalue weighted by Crippen LogP contribution is -2.45. The van der Waals surface area contributed by atoms with Crippen LogP contribution < -0.4 is 5.32 Å². The third-order valence-corrected chi connectivity index (χ3v) is 3.06.